The topological polar surface area (TPSA) is 63.2 Å². The lowest BCUT2D eigenvalue weighted by atomic mass is 9.94. The van der Waals surface area contributed by atoms with Gasteiger partial charge in [-0.1, -0.05) is 48.5 Å². The molecule has 0 fully saturated rings. The van der Waals surface area contributed by atoms with Crippen LogP contribution in [-0.2, 0) is 6.54 Å². The highest BCUT2D eigenvalue weighted by Crippen LogP contribution is 2.32. The van der Waals surface area contributed by atoms with Crippen molar-refractivity contribution in [1.82, 2.24) is 10.3 Å². The molecule has 4 rings (SSSR count). The van der Waals surface area contributed by atoms with Gasteiger partial charge >= 0.3 is 6.03 Å². The van der Waals surface area contributed by atoms with Crippen LogP contribution in [0.5, 0.6) is 5.75 Å². The van der Waals surface area contributed by atoms with Gasteiger partial charge in [0.2, 0.25) is 0 Å². The van der Waals surface area contributed by atoms with Crippen LogP contribution < -0.4 is 15.4 Å². The van der Waals surface area contributed by atoms with Crippen molar-refractivity contribution in [2.45, 2.75) is 20.4 Å². The fourth-order valence-electron chi connectivity index (χ4n) is 3.71. The number of anilines is 1. The van der Waals surface area contributed by atoms with Crippen molar-refractivity contribution in [3.63, 3.8) is 0 Å². The zero-order valence-electron chi connectivity index (χ0n) is 17.7. The van der Waals surface area contributed by atoms with Crippen molar-refractivity contribution in [1.29, 1.82) is 0 Å². The van der Waals surface area contributed by atoms with Crippen molar-refractivity contribution >= 4 is 22.5 Å². The van der Waals surface area contributed by atoms with Crippen molar-refractivity contribution in [2.24, 2.45) is 0 Å². The molecule has 1 heterocycles. The predicted octanol–water partition coefficient (Wildman–Crippen LogP) is 5.93. The third-order valence-corrected chi connectivity index (χ3v) is 5.22. The van der Waals surface area contributed by atoms with Crippen LogP contribution in [0.3, 0.4) is 0 Å². The first-order valence-corrected chi connectivity index (χ1v) is 10.4. The number of amides is 2. The number of urea groups is 1. The van der Waals surface area contributed by atoms with Gasteiger partial charge in [-0.15, -0.1) is 0 Å². The standard InChI is InChI=1S/C26H25N3O2/c1-3-31-25-11-7-6-10-24(25)29-26(30)28-16-19-12-13-21(20-9-5-4-8-18(20)2)22-14-15-27-17-23(19)22/h4-15,17H,3,16H2,1-2H3,(H2,28,29,30). The summed E-state index contributed by atoms with van der Waals surface area (Å²) in [6, 6.07) is 21.6. The maximum absolute atomic E-state index is 12.5. The fourth-order valence-corrected chi connectivity index (χ4v) is 3.71. The second-order valence-corrected chi connectivity index (χ2v) is 7.25. The molecule has 0 unspecified atom stereocenters. The number of ether oxygens (including phenoxy) is 1. The van der Waals surface area contributed by atoms with E-state index in [2.05, 4.69) is 52.9 Å². The molecule has 0 saturated carbocycles. The molecule has 1 aromatic heterocycles. The molecule has 2 amide bonds. The molecule has 2 N–H and O–H groups in total. The van der Waals surface area contributed by atoms with Gasteiger partial charge in [0, 0.05) is 24.3 Å². The monoisotopic (exact) mass is 411 g/mol. The van der Waals surface area contributed by atoms with Crippen LogP contribution in [0.25, 0.3) is 21.9 Å². The molecule has 0 aliphatic rings. The second-order valence-electron chi connectivity index (χ2n) is 7.25. The van der Waals surface area contributed by atoms with Gasteiger partial charge < -0.3 is 15.4 Å². The van der Waals surface area contributed by atoms with Crippen molar-refractivity contribution < 1.29 is 9.53 Å². The van der Waals surface area contributed by atoms with E-state index in [9.17, 15) is 4.79 Å². The van der Waals surface area contributed by atoms with Gasteiger partial charge in [0.25, 0.3) is 0 Å². The molecule has 4 aromatic rings. The summed E-state index contributed by atoms with van der Waals surface area (Å²) < 4.78 is 5.57. The summed E-state index contributed by atoms with van der Waals surface area (Å²) in [5.74, 6) is 0.650. The first kappa shape index (κ1) is 20.4. The predicted molar refractivity (Wildman–Crippen MR) is 125 cm³/mol. The number of rotatable bonds is 6. The number of carbonyl (C=O) groups excluding carboxylic acids is 1. The van der Waals surface area contributed by atoms with Gasteiger partial charge in [-0.2, -0.15) is 0 Å². The number of nitrogens with one attached hydrogen (secondary N) is 2. The Morgan fingerprint density at radius 2 is 1.74 bits per heavy atom. The van der Waals surface area contributed by atoms with Crippen LogP contribution in [0.4, 0.5) is 10.5 Å². The quantitative estimate of drug-likeness (QED) is 0.413. The molecule has 5 nitrogen and oxygen atoms in total. The molecular weight excluding hydrogens is 386 g/mol. The molecule has 0 bridgehead atoms. The van der Waals surface area contributed by atoms with E-state index in [4.69, 9.17) is 4.74 Å². The van der Waals surface area contributed by atoms with E-state index in [-0.39, 0.29) is 6.03 Å². The molecule has 0 aliphatic carbocycles. The summed E-state index contributed by atoms with van der Waals surface area (Å²) >= 11 is 0. The summed E-state index contributed by atoms with van der Waals surface area (Å²) in [5, 5.41) is 7.96. The summed E-state index contributed by atoms with van der Waals surface area (Å²) in [4.78, 5) is 16.8. The summed E-state index contributed by atoms with van der Waals surface area (Å²) in [6.07, 6.45) is 3.66. The number of aryl methyl sites for hydroxylation is 1. The second kappa shape index (κ2) is 9.30. The van der Waals surface area contributed by atoms with E-state index in [0.717, 1.165) is 21.9 Å². The summed E-state index contributed by atoms with van der Waals surface area (Å²) in [6.45, 7) is 4.95. The summed E-state index contributed by atoms with van der Waals surface area (Å²) in [5.41, 5.74) is 5.23. The molecule has 0 radical (unpaired) electrons. The van der Waals surface area contributed by atoms with Crippen LogP contribution in [0.15, 0.2) is 79.1 Å². The third kappa shape index (κ3) is 4.51. The first-order valence-electron chi connectivity index (χ1n) is 10.4. The molecule has 31 heavy (non-hydrogen) atoms. The van der Waals surface area contributed by atoms with Crippen molar-refractivity contribution in [3.05, 3.63) is 90.3 Å². The third-order valence-electron chi connectivity index (χ3n) is 5.22. The number of hydrogen-bond donors (Lipinski definition) is 2. The number of hydrogen-bond acceptors (Lipinski definition) is 3. The molecule has 0 atom stereocenters. The first-order chi connectivity index (χ1) is 15.2. The lowest BCUT2D eigenvalue weighted by Crippen LogP contribution is -2.28. The molecular formula is C26H25N3O2. The van der Waals surface area contributed by atoms with E-state index in [1.165, 1.54) is 11.1 Å². The Morgan fingerprint density at radius 1 is 0.935 bits per heavy atom. The number of fused-ring (bicyclic) bond motifs is 1. The Balaban J connectivity index is 1.56. The highest BCUT2D eigenvalue weighted by molar-refractivity contribution is 5.99. The number of carbonyl (C=O) groups is 1. The number of aromatic nitrogens is 1. The smallest absolute Gasteiger partial charge is 0.319 e. The Kier molecular flexibility index (Phi) is 6.13. The number of pyridine rings is 1. The van der Waals surface area contributed by atoms with E-state index in [0.29, 0.717) is 24.6 Å². The van der Waals surface area contributed by atoms with Crippen molar-refractivity contribution in [3.8, 4) is 16.9 Å². The highest BCUT2D eigenvalue weighted by Gasteiger charge is 2.11. The largest absolute Gasteiger partial charge is 0.492 e. The average Bonchev–Trinajstić information content (AvgIpc) is 2.79. The normalized spacial score (nSPS) is 10.6. The van der Waals surface area contributed by atoms with E-state index in [1.807, 2.05) is 49.5 Å². The van der Waals surface area contributed by atoms with Crippen LogP contribution in [0, 0.1) is 6.92 Å². The van der Waals surface area contributed by atoms with E-state index in [1.54, 1.807) is 6.20 Å². The zero-order chi connectivity index (χ0) is 21.6. The van der Waals surface area contributed by atoms with E-state index < -0.39 is 0 Å². The van der Waals surface area contributed by atoms with Gasteiger partial charge in [0.1, 0.15) is 5.75 Å². The Morgan fingerprint density at radius 3 is 2.58 bits per heavy atom. The van der Waals surface area contributed by atoms with Gasteiger partial charge in [-0.25, -0.2) is 4.79 Å². The molecule has 3 aromatic carbocycles. The molecule has 156 valence electrons. The lowest BCUT2D eigenvalue weighted by Gasteiger charge is -2.15. The van der Waals surface area contributed by atoms with Crippen LogP contribution in [-0.4, -0.2) is 17.6 Å². The molecule has 0 aliphatic heterocycles. The maximum atomic E-state index is 12.5. The fraction of sp³-hybridized carbons (Fsp3) is 0.154. The Labute approximate surface area is 182 Å². The maximum Gasteiger partial charge on any atom is 0.319 e. The van der Waals surface area contributed by atoms with Crippen molar-refractivity contribution in [2.75, 3.05) is 11.9 Å². The molecule has 5 heteroatoms. The van der Waals surface area contributed by atoms with Crippen LogP contribution >= 0.6 is 0 Å². The van der Waals surface area contributed by atoms with Gasteiger partial charge in [-0.05, 0) is 59.7 Å². The van der Waals surface area contributed by atoms with E-state index >= 15 is 0 Å². The van der Waals surface area contributed by atoms with Crippen LogP contribution in [0.1, 0.15) is 18.1 Å². The lowest BCUT2D eigenvalue weighted by molar-refractivity contribution is 0.251. The Hall–Kier alpha value is -3.86. The number of nitrogens with zero attached hydrogens (tertiary/aromatic N) is 1. The average molecular weight is 412 g/mol. The Bertz CT molecular complexity index is 1220. The zero-order valence-corrected chi connectivity index (χ0v) is 17.7. The highest BCUT2D eigenvalue weighted by atomic mass is 16.5. The minimum atomic E-state index is -0.285. The van der Waals surface area contributed by atoms with Gasteiger partial charge in [0.15, 0.2) is 0 Å². The SMILES string of the molecule is CCOc1ccccc1NC(=O)NCc1ccc(-c2ccccc2C)c2ccncc12. The number of benzene rings is 3. The van der Waals surface area contributed by atoms with Crippen LogP contribution in [0.2, 0.25) is 0 Å². The summed E-state index contributed by atoms with van der Waals surface area (Å²) in [7, 11) is 0. The minimum Gasteiger partial charge on any atom is -0.492 e. The minimum absolute atomic E-state index is 0.285. The van der Waals surface area contributed by atoms with Gasteiger partial charge in [-0.3, -0.25) is 4.98 Å². The number of para-hydroxylation sites is 2. The van der Waals surface area contributed by atoms with Gasteiger partial charge in [0.05, 0.1) is 12.3 Å². The molecule has 0 saturated heterocycles. The molecule has 0 spiro atoms.